The second-order valence-electron chi connectivity index (χ2n) is 9.74. The summed E-state index contributed by atoms with van der Waals surface area (Å²) in [6, 6.07) is 14.8. The quantitative estimate of drug-likeness (QED) is 0.349. The van der Waals surface area contributed by atoms with Crippen molar-refractivity contribution in [3.05, 3.63) is 77.4 Å². The first kappa shape index (κ1) is 25.3. The van der Waals surface area contributed by atoms with Crippen molar-refractivity contribution in [3.63, 3.8) is 0 Å². The highest BCUT2D eigenvalue weighted by Crippen LogP contribution is 2.29. The molecule has 1 aliphatic heterocycles. The smallest absolute Gasteiger partial charge is 0.122 e. The molecule has 0 saturated carbocycles. The predicted molar refractivity (Wildman–Crippen MR) is 139 cm³/mol. The van der Waals surface area contributed by atoms with Gasteiger partial charge in [0.05, 0.1) is 6.61 Å². The third-order valence-corrected chi connectivity index (χ3v) is 7.06. The summed E-state index contributed by atoms with van der Waals surface area (Å²) in [4.78, 5) is 6.76. The lowest BCUT2D eigenvalue weighted by Crippen LogP contribution is -2.48. The molecule has 0 amide bonds. The third-order valence-electron chi connectivity index (χ3n) is 7.06. The van der Waals surface area contributed by atoms with Gasteiger partial charge in [0.1, 0.15) is 29.5 Å². The first-order valence-corrected chi connectivity index (χ1v) is 12.6. The van der Waals surface area contributed by atoms with Crippen molar-refractivity contribution in [3.8, 4) is 11.5 Å². The van der Waals surface area contributed by atoms with Gasteiger partial charge in [0.2, 0.25) is 0 Å². The van der Waals surface area contributed by atoms with Gasteiger partial charge in [0, 0.05) is 45.7 Å². The van der Waals surface area contributed by atoms with Gasteiger partial charge in [0.15, 0.2) is 0 Å². The molecule has 1 aliphatic rings. The van der Waals surface area contributed by atoms with Crippen LogP contribution in [0.5, 0.6) is 11.5 Å². The van der Waals surface area contributed by atoms with Gasteiger partial charge in [0.25, 0.3) is 0 Å². The lowest BCUT2D eigenvalue weighted by Gasteiger charge is -2.40. The van der Waals surface area contributed by atoms with Crippen LogP contribution in [0.25, 0.3) is 0 Å². The first-order chi connectivity index (χ1) is 17.0. The number of benzene rings is 2. The van der Waals surface area contributed by atoms with E-state index in [2.05, 4.69) is 64.7 Å². The van der Waals surface area contributed by atoms with Crippen molar-refractivity contribution in [1.29, 1.82) is 0 Å². The molecule has 2 aromatic carbocycles. The normalized spacial score (nSPS) is 15.8. The minimum atomic E-state index is -0.230. The summed E-state index contributed by atoms with van der Waals surface area (Å²) in [5.74, 6) is 2.93. The first-order valence-electron chi connectivity index (χ1n) is 12.6. The number of aryl methyl sites for hydroxylation is 4. The van der Waals surface area contributed by atoms with Crippen LogP contribution < -0.4 is 9.47 Å². The Hall–Kier alpha value is -2.83. The van der Waals surface area contributed by atoms with E-state index in [9.17, 15) is 0 Å². The molecule has 0 atom stereocenters. The Bertz CT molecular complexity index is 1090. The molecule has 1 fully saturated rings. The molecule has 6 heteroatoms. The van der Waals surface area contributed by atoms with E-state index in [-0.39, 0.29) is 5.60 Å². The van der Waals surface area contributed by atoms with Crippen LogP contribution in [-0.4, -0.2) is 53.5 Å². The van der Waals surface area contributed by atoms with Crippen molar-refractivity contribution in [2.45, 2.75) is 58.7 Å². The molecular formula is C29H39N3O3. The molecule has 3 aromatic rings. The lowest BCUT2D eigenvalue weighted by atomic mass is 9.91. The van der Waals surface area contributed by atoms with E-state index in [0.717, 1.165) is 62.8 Å². The average Bonchev–Trinajstić information content (AvgIpc) is 3.27. The van der Waals surface area contributed by atoms with E-state index in [1.165, 1.54) is 16.7 Å². The standard InChI is InChI=1S/C29H39N3O3/c1-23-9-10-28(24(2)19-23)35-22-29(33-4)11-15-31(16-12-29)21-26-7-5-8-27(20-26)34-18-6-14-32-17-13-30-25(32)3/h5,7-10,13,17,19-20H,6,11-12,14-16,18,21-22H2,1-4H3. The number of imidazole rings is 1. The van der Waals surface area contributed by atoms with E-state index in [1.54, 1.807) is 0 Å². The van der Waals surface area contributed by atoms with Crippen LogP contribution in [-0.2, 0) is 17.8 Å². The van der Waals surface area contributed by atoms with Crippen LogP contribution in [0, 0.1) is 20.8 Å². The van der Waals surface area contributed by atoms with E-state index >= 15 is 0 Å². The topological polar surface area (TPSA) is 48.8 Å². The molecule has 1 saturated heterocycles. The molecule has 0 spiro atoms. The number of rotatable bonds is 11. The van der Waals surface area contributed by atoms with Crippen molar-refractivity contribution >= 4 is 0 Å². The monoisotopic (exact) mass is 477 g/mol. The molecule has 1 aromatic heterocycles. The summed E-state index contributed by atoms with van der Waals surface area (Å²) in [6.07, 6.45) is 6.73. The molecule has 188 valence electrons. The lowest BCUT2D eigenvalue weighted by molar-refractivity contribution is -0.0840. The van der Waals surface area contributed by atoms with Crippen molar-refractivity contribution in [1.82, 2.24) is 14.5 Å². The van der Waals surface area contributed by atoms with Crippen LogP contribution in [0.3, 0.4) is 0 Å². The Balaban J connectivity index is 1.23. The van der Waals surface area contributed by atoms with Crippen molar-refractivity contribution < 1.29 is 14.2 Å². The molecule has 0 N–H and O–H groups in total. The van der Waals surface area contributed by atoms with Crippen LogP contribution in [0.2, 0.25) is 0 Å². The van der Waals surface area contributed by atoms with Gasteiger partial charge in [-0.2, -0.15) is 0 Å². The number of methoxy groups -OCH3 is 1. The van der Waals surface area contributed by atoms with Gasteiger partial charge in [-0.25, -0.2) is 4.98 Å². The van der Waals surface area contributed by atoms with E-state index in [4.69, 9.17) is 14.2 Å². The Kier molecular flexibility index (Phi) is 8.47. The molecule has 0 bridgehead atoms. The van der Waals surface area contributed by atoms with Crippen LogP contribution >= 0.6 is 0 Å². The van der Waals surface area contributed by atoms with Gasteiger partial charge in [-0.15, -0.1) is 0 Å². The maximum absolute atomic E-state index is 6.21. The van der Waals surface area contributed by atoms with Gasteiger partial charge in [-0.1, -0.05) is 29.8 Å². The number of piperidine rings is 1. The zero-order valence-corrected chi connectivity index (χ0v) is 21.6. The molecule has 0 unspecified atom stereocenters. The third kappa shape index (κ3) is 6.86. The number of likely N-dealkylation sites (tertiary alicyclic amines) is 1. The van der Waals surface area contributed by atoms with E-state index < -0.39 is 0 Å². The number of hydrogen-bond donors (Lipinski definition) is 0. The van der Waals surface area contributed by atoms with Crippen LogP contribution in [0.1, 0.15) is 41.8 Å². The number of ether oxygens (including phenoxy) is 3. The maximum Gasteiger partial charge on any atom is 0.122 e. The fourth-order valence-corrected chi connectivity index (χ4v) is 4.75. The Morgan fingerprint density at radius 3 is 2.54 bits per heavy atom. The summed E-state index contributed by atoms with van der Waals surface area (Å²) >= 11 is 0. The van der Waals surface area contributed by atoms with Gasteiger partial charge in [-0.05, 0) is 69.4 Å². The number of hydrogen-bond acceptors (Lipinski definition) is 5. The molecule has 0 aliphatic carbocycles. The second kappa shape index (κ2) is 11.7. The number of nitrogens with zero attached hydrogens (tertiary/aromatic N) is 3. The molecule has 0 radical (unpaired) electrons. The fraction of sp³-hybridized carbons (Fsp3) is 0.483. The van der Waals surface area contributed by atoms with Crippen molar-refractivity contribution in [2.75, 3.05) is 33.4 Å². The van der Waals surface area contributed by atoms with Crippen LogP contribution in [0.4, 0.5) is 0 Å². The predicted octanol–water partition coefficient (Wildman–Crippen LogP) is 5.34. The Morgan fingerprint density at radius 2 is 1.83 bits per heavy atom. The molecule has 4 rings (SSSR count). The SMILES string of the molecule is COC1(COc2ccc(C)cc2C)CCN(Cc2cccc(OCCCn3ccnc3C)c2)CC1. The molecule has 35 heavy (non-hydrogen) atoms. The number of aromatic nitrogens is 2. The van der Waals surface area contributed by atoms with Gasteiger partial charge < -0.3 is 18.8 Å². The minimum Gasteiger partial charge on any atom is -0.494 e. The van der Waals surface area contributed by atoms with Gasteiger partial charge >= 0.3 is 0 Å². The molecular weight excluding hydrogens is 438 g/mol. The second-order valence-corrected chi connectivity index (χ2v) is 9.74. The zero-order valence-electron chi connectivity index (χ0n) is 21.6. The van der Waals surface area contributed by atoms with Gasteiger partial charge in [-0.3, -0.25) is 4.90 Å². The summed E-state index contributed by atoms with van der Waals surface area (Å²) in [5.41, 5.74) is 3.48. The molecule has 6 nitrogen and oxygen atoms in total. The van der Waals surface area contributed by atoms with Crippen LogP contribution in [0.15, 0.2) is 54.9 Å². The zero-order chi connectivity index (χ0) is 24.7. The maximum atomic E-state index is 6.21. The molecule has 2 heterocycles. The Morgan fingerprint density at radius 1 is 1.00 bits per heavy atom. The summed E-state index contributed by atoms with van der Waals surface area (Å²) < 4.78 is 20.4. The highest BCUT2D eigenvalue weighted by molar-refractivity contribution is 5.35. The fourth-order valence-electron chi connectivity index (χ4n) is 4.75. The van der Waals surface area contributed by atoms with E-state index in [1.807, 2.05) is 32.5 Å². The summed E-state index contributed by atoms with van der Waals surface area (Å²) in [6.45, 7) is 11.3. The largest absolute Gasteiger partial charge is 0.494 e. The minimum absolute atomic E-state index is 0.230. The highest BCUT2D eigenvalue weighted by Gasteiger charge is 2.35. The summed E-state index contributed by atoms with van der Waals surface area (Å²) in [7, 11) is 1.82. The summed E-state index contributed by atoms with van der Waals surface area (Å²) in [5, 5.41) is 0. The highest BCUT2D eigenvalue weighted by atomic mass is 16.5. The Labute approximate surface area is 209 Å². The average molecular weight is 478 g/mol. The van der Waals surface area contributed by atoms with Crippen molar-refractivity contribution in [2.24, 2.45) is 0 Å². The van der Waals surface area contributed by atoms with E-state index in [0.29, 0.717) is 13.2 Å².